The summed E-state index contributed by atoms with van der Waals surface area (Å²) >= 11 is 0. The Balaban J connectivity index is 2.76. The molecular formula is C4H8N4O4S. The first-order chi connectivity index (χ1) is 5.81. The molecule has 74 valence electrons. The fourth-order valence-electron chi connectivity index (χ4n) is 0.822. The van der Waals surface area contributed by atoms with Crippen LogP contribution >= 0.6 is 0 Å². The number of rotatable bonds is 2. The topological polar surface area (TPSA) is 113 Å². The van der Waals surface area contributed by atoms with Crippen molar-refractivity contribution in [3.63, 3.8) is 0 Å². The molecule has 0 aromatic heterocycles. The molecule has 3 amide bonds. The van der Waals surface area contributed by atoms with Gasteiger partial charge in [0.15, 0.2) is 0 Å². The molecule has 1 fully saturated rings. The van der Waals surface area contributed by atoms with E-state index in [0.717, 1.165) is 4.90 Å². The standard InChI is InChI=1S/C4H8N4O4S/c1-7-3(9)2-8(4(7)10)6-13(5,11)12/h6H,2H2,1H3,(H2,5,11,12). The monoisotopic (exact) mass is 208 g/mol. The summed E-state index contributed by atoms with van der Waals surface area (Å²) < 4.78 is 21.0. The molecule has 9 heteroatoms. The van der Waals surface area contributed by atoms with E-state index in [1.54, 1.807) is 4.83 Å². The van der Waals surface area contributed by atoms with E-state index < -0.39 is 22.1 Å². The summed E-state index contributed by atoms with van der Waals surface area (Å²) in [5, 5.41) is 5.23. The lowest BCUT2D eigenvalue weighted by molar-refractivity contribution is -0.124. The van der Waals surface area contributed by atoms with Gasteiger partial charge < -0.3 is 0 Å². The molecular weight excluding hydrogens is 200 g/mol. The van der Waals surface area contributed by atoms with Gasteiger partial charge in [-0.25, -0.2) is 14.9 Å². The molecule has 1 aliphatic rings. The van der Waals surface area contributed by atoms with Crippen LogP contribution in [0.4, 0.5) is 4.79 Å². The number of nitrogens with one attached hydrogen (secondary N) is 1. The van der Waals surface area contributed by atoms with Crippen molar-refractivity contribution >= 4 is 22.1 Å². The second kappa shape index (κ2) is 2.94. The molecule has 0 spiro atoms. The molecule has 0 aromatic rings. The van der Waals surface area contributed by atoms with E-state index >= 15 is 0 Å². The number of imide groups is 1. The van der Waals surface area contributed by atoms with Crippen LogP contribution in [0.25, 0.3) is 0 Å². The normalized spacial score (nSPS) is 18.6. The number of hydrogen-bond donors (Lipinski definition) is 2. The first-order valence-corrected chi connectivity index (χ1v) is 4.74. The molecule has 0 aliphatic carbocycles. The van der Waals surface area contributed by atoms with Gasteiger partial charge in [-0.1, -0.05) is 0 Å². The predicted molar refractivity (Wildman–Crippen MR) is 41.1 cm³/mol. The van der Waals surface area contributed by atoms with E-state index in [-0.39, 0.29) is 6.54 Å². The Kier molecular flexibility index (Phi) is 2.24. The summed E-state index contributed by atoms with van der Waals surface area (Å²) in [5.74, 6) is -0.499. The van der Waals surface area contributed by atoms with Crippen LogP contribution in [0, 0.1) is 0 Å². The Labute approximate surface area is 74.4 Å². The summed E-state index contributed by atoms with van der Waals surface area (Å²) in [7, 11) is -2.77. The van der Waals surface area contributed by atoms with Crippen molar-refractivity contribution in [1.29, 1.82) is 0 Å². The molecule has 0 bridgehead atoms. The number of amides is 3. The minimum absolute atomic E-state index is 0.342. The van der Waals surface area contributed by atoms with Gasteiger partial charge in [-0.2, -0.15) is 8.42 Å². The number of urea groups is 1. The second-order valence-corrected chi connectivity index (χ2v) is 3.73. The van der Waals surface area contributed by atoms with Gasteiger partial charge >= 0.3 is 6.03 Å². The van der Waals surface area contributed by atoms with Crippen LogP contribution in [-0.2, 0) is 15.0 Å². The van der Waals surface area contributed by atoms with Gasteiger partial charge in [-0.15, -0.1) is 4.83 Å². The molecule has 1 saturated heterocycles. The number of nitrogens with zero attached hydrogens (tertiary/aromatic N) is 2. The summed E-state index contributed by atoms with van der Waals surface area (Å²) in [6.07, 6.45) is 0. The zero-order valence-corrected chi connectivity index (χ0v) is 7.54. The molecule has 0 saturated carbocycles. The lowest BCUT2D eigenvalue weighted by atomic mass is 10.6. The van der Waals surface area contributed by atoms with Crippen molar-refractivity contribution in [1.82, 2.24) is 14.7 Å². The van der Waals surface area contributed by atoms with Crippen molar-refractivity contribution in [3.8, 4) is 0 Å². The highest BCUT2D eigenvalue weighted by molar-refractivity contribution is 7.87. The summed E-state index contributed by atoms with van der Waals surface area (Å²) in [5.41, 5.74) is 0. The Hall–Kier alpha value is -1.19. The number of carbonyl (C=O) groups is 2. The summed E-state index contributed by atoms with van der Waals surface area (Å²) in [6, 6.07) is -0.751. The van der Waals surface area contributed by atoms with Crippen LogP contribution < -0.4 is 9.97 Å². The number of hydrogen-bond acceptors (Lipinski definition) is 4. The zero-order chi connectivity index (χ0) is 10.2. The number of hydrazine groups is 1. The smallest absolute Gasteiger partial charge is 0.272 e. The summed E-state index contributed by atoms with van der Waals surface area (Å²) in [6.45, 7) is -0.342. The number of likely N-dealkylation sites (N-methyl/N-ethyl adjacent to an activating group) is 1. The second-order valence-electron chi connectivity index (χ2n) is 2.46. The highest BCUT2D eigenvalue weighted by Gasteiger charge is 2.34. The Morgan fingerprint density at radius 2 is 2.00 bits per heavy atom. The average Bonchev–Trinajstić information content (AvgIpc) is 2.15. The van der Waals surface area contributed by atoms with Crippen LogP contribution in [0.2, 0.25) is 0 Å². The molecule has 13 heavy (non-hydrogen) atoms. The first kappa shape index (κ1) is 9.89. The largest absolute Gasteiger partial charge is 0.342 e. The Morgan fingerprint density at radius 1 is 1.46 bits per heavy atom. The Morgan fingerprint density at radius 3 is 2.31 bits per heavy atom. The third-order valence-corrected chi connectivity index (χ3v) is 1.90. The van der Waals surface area contributed by atoms with Gasteiger partial charge in [0, 0.05) is 7.05 Å². The van der Waals surface area contributed by atoms with Crippen molar-refractivity contribution < 1.29 is 18.0 Å². The third-order valence-electron chi connectivity index (χ3n) is 1.42. The van der Waals surface area contributed by atoms with Gasteiger partial charge in [0.25, 0.3) is 16.1 Å². The Bertz CT molecular complexity index is 349. The number of nitrogens with two attached hydrogens (primary N) is 1. The van der Waals surface area contributed by atoms with E-state index in [1.165, 1.54) is 7.05 Å². The molecule has 1 heterocycles. The van der Waals surface area contributed by atoms with Crippen LogP contribution in [-0.4, -0.2) is 43.9 Å². The van der Waals surface area contributed by atoms with Gasteiger partial charge in [0.05, 0.1) is 0 Å². The maximum Gasteiger partial charge on any atom is 0.342 e. The molecule has 0 radical (unpaired) electrons. The van der Waals surface area contributed by atoms with Gasteiger partial charge in [0.2, 0.25) is 0 Å². The minimum Gasteiger partial charge on any atom is -0.272 e. The van der Waals surface area contributed by atoms with E-state index in [0.29, 0.717) is 5.01 Å². The molecule has 1 aliphatic heterocycles. The summed E-state index contributed by atoms with van der Waals surface area (Å²) in [4.78, 5) is 24.4. The van der Waals surface area contributed by atoms with Crippen molar-refractivity contribution in [2.24, 2.45) is 5.14 Å². The molecule has 0 unspecified atom stereocenters. The third kappa shape index (κ3) is 2.14. The molecule has 8 nitrogen and oxygen atoms in total. The highest BCUT2D eigenvalue weighted by atomic mass is 32.2. The maximum atomic E-state index is 11.0. The van der Waals surface area contributed by atoms with E-state index in [2.05, 4.69) is 5.14 Å². The van der Waals surface area contributed by atoms with Gasteiger partial charge in [-0.3, -0.25) is 9.69 Å². The molecule has 0 atom stereocenters. The lowest BCUT2D eigenvalue weighted by Crippen LogP contribution is -2.47. The molecule has 0 aromatic carbocycles. The SMILES string of the molecule is CN1C(=O)CN(NS(N)(=O)=O)C1=O. The van der Waals surface area contributed by atoms with Gasteiger partial charge in [0.1, 0.15) is 6.54 Å². The minimum atomic E-state index is -4.01. The van der Waals surface area contributed by atoms with E-state index in [1.807, 2.05) is 0 Å². The van der Waals surface area contributed by atoms with Crippen molar-refractivity contribution in [2.75, 3.05) is 13.6 Å². The van der Waals surface area contributed by atoms with E-state index in [4.69, 9.17) is 0 Å². The highest BCUT2D eigenvalue weighted by Crippen LogP contribution is 2.04. The molecule has 3 N–H and O–H groups in total. The van der Waals surface area contributed by atoms with Crippen molar-refractivity contribution in [2.45, 2.75) is 0 Å². The average molecular weight is 208 g/mol. The van der Waals surface area contributed by atoms with Crippen LogP contribution in [0.15, 0.2) is 0 Å². The number of carbonyl (C=O) groups excluding carboxylic acids is 2. The quantitative estimate of drug-likeness (QED) is 0.492. The van der Waals surface area contributed by atoms with Gasteiger partial charge in [-0.05, 0) is 0 Å². The van der Waals surface area contributed by atoms with Crippen LogP contribution in [0.5, 0.6) is 0 Å². The fourth-order valence-corrected chi connectivity index (χ4v) is 1.27. The first-order valence-electron chi connectivity index (χ1n) is 3.19. The van der Waals surface area contributed by atoms with Crippen LogP contribution in [0.1, 0.15) is 0 Å². The zero-order valence-electron chi connectivity index (χ0n) is 6.72. The molecule has 1 rings (SSSR count). The van der Waals surface area contributed by atoms with Crippen molar-refractivity contribution in [3.05, 3.63) is 0 Å². The lowest BCUT2D eigenvalue weighted by Gasteiger charge is -2.13. The fraction of sp³-hybridized carbons (Fsp3) is 0.500. The van der Waals surface area contributed by atoms with E-state index in [9.17, 15) is 18.0 Å². The maximum absolute atomic E-state index is 11.0. The van der Waals surface area contributed by atoms with Crippen LogP contribution in [0.3, 0.4) is 0 Å². The predicted octanol–water partition coefficient (Wildman–Crippen LogP) is -2.41.